The topological polar surface area (TPSA) is 35.6 Å². The number of hydrogen-bond acceptors (Lipinski definition) is 2. The van der Waals surface area contributed by atoms with Crippen molar-refractivity contribution in [2.45, 2.75) is 72.3 Å². The second-order valence-electron chi connectivity index (χ2n) is 10.3. The first-order valence-corrected chi connectivity index (χ1v) is 14.6. The molecule has 0 spiro atoms. The van der Waals surface area contributed by atoms with Crippen molar-refractivity contribution in [1.29, 1.82) is 0 Å². The van der Waals surface area contributed by atoms with Crippen LogP contribution in [0.15, 0.2) is 78.9 Å². The molecular formula is C34H47N3O. The Hall–Kier alpha value is -3.11. The van der Waals surface area contributed by atoms with E-state index in [0.717, 1.165) is 37.3 Å². The van der Waals surface area contributed by atoms with Gasteiger partial charge in [0.05, 0.1) is 0 Å². The number of nitrogens with zero attached hydrogens (tertiary/aromatic N) is 2. The summed E-state index contributed by atoms with van der Waals surface area (Å²) in [6.07, 6.45) is 8.23. The third-order valence-corrected chi connectivity index (χ3v) is 7.09. The third-order valence-electron chi connectivity index (χ3n) is 7.09. The van der Waals surface area contributed by atoms with Gasteiger partial charge in [0.2, 0.25) is 0 Å². The first kappa shape index (κ1) is 29.4. The molecule has 0 bridgehead atoms. The summed E-state index contributed by atoms with van der Waals surface area (Å²) in [4.78, 5) is 18.0. The number of nitrogens with one attached hydrogen (secondary N) is 1. The van der Waals surface area contributed by atoms with Crippen LogP contribution in [0.4, 0.5) is 10.5 Å². The maximum Gasteiger partial charge on any atom is 0.322 e. The maximum absolute atomic E-state index is 13.5. The molecule has 0 aliphatic heterocycles. The van der Waals surface area contributed by atoms with Crippen LogP contribution in [0.2, 0.25) is 0 Å². The molecule has 4 heteroatoms. The SMILES string of the molecule is CCCCc1ccc(NC(=O)N(CCN(CCCC)CCCC)Cc2ccc(-c3ccccc3)cc2)cc1. The molecule has 0 radical (unpaired) electrons. The second-order valence-corrected chi connectivity index (χ2v) is 10.3. The summed E-state index contributed by atoms with van der Waals surface area (Å²) in [5, 5.41) is 3.16. The van der Waals surface area contributed by atoms with E-state index in [0.29, 0.717) is 13.1 Å². The average molecular weight is 514 g/mol. The largest absolute Gasteiger partial charge is 0.322 e. The molecule has 1 N–H and O–H groups in total. The van der Waals surface area contributed by atoms with Crippen LogP contribution in [-0.4, -0.2) is 42.0 Å². The van der Waals surface area contributed by atoms with Crippen molar-refractivity contribution in [3.8, 4) is 11.1 Å². The van der Waals surface area contributed by atoms with Gasteiger partial charge in [0, 0.05) is 25.3 Å². The molecule has 204 valence electrons. The summed E-state index contributed by atoms with van der Waals surface area (Å²) in [5.41, 5.74) is 5.72. The Kier molecular flexibility index (Phi) is 12.9. The molecule has 0 aliphatic rings. The lowest BCUT2D eigenvalue weighted by atomic mass is 10.0. The number of benzene rings is 3. The fraction of sp³-hybridized carbons (Fsp3) is 0.441. The number of amides is 2. The molecule has 2 amide bonds. The second kappa shape index (κ2) is 16.7. The lowest BCUT2D eigenvalue weighted by molar-refractivity contribution is 0.188. The molecule has 0 saturated carbocycles. The smallest absolute Gasteiger partial charge is 0.319 e. The van der Waals surface area contributed by atoms with Crippen LogP contribution in [0.1, 0.15) is 70.4 Å². The molecule has 0 fully saturated rings. The summed E-state index contributed by atoms with van der Waals surface area (Å²) in [6, 6.07) is 27.3. The molecule has 0 saturated heterocycles. The molecule has 0 unspecified atom stereocenters. The summed E-state index contributed by atoms with van der Waals surface area (Å²) in [7, 11) is 0. The Morgan fingerprint density at radius 1 is 0.632 bits per heavy atom. The van der Waals surface area contributed by atoms with Crippen molar-refractivity contribution in [1.82, 2.24) is 9.80 Å². The molecule has 3 aromatic carbocycles. The maximum atomic E-state index is 13.5. The summed E-state index contributed by atoms with van der Waals surface area (Å²) < 4.78 is 0. The number of urea groups is 1. The van der Waals surface area contributed by atoms with Gasteiger partial charge in [-0.15, -0.1) is 0 Å². The monoisotopic (exact) mass is 513 g/mol. The number of anilines is 1. The van der Waals surface area contributed by atoms with Gasteiger partial charge < -0.3 is 15.1 Å². The first-order valence-electron chi connectivity index (χ1n) is 14.6. The zero-order valence-corrected chi connectivity index (χ0v) is 23.8. The third kappa shape index (κ3) is 9.98. The van der Waals surface area contributed by atoms with E-state index in [-0.39, 0.29) is 6.03 Å². The fourth-order valence-electron chi connectivity index (χ4n) is 4.61. The minimum Gasteiger partial charge on any atom is -0.319 e. The van der Waals surface area contributed by atoms with Crippen molar-refractivity contribution in [2.24, 2.45) is 0 Å². The number of unbranched alkanes of at least 4 members (excludes halogenated alkanes) is 3. The molecular weight excluding hydrogens is 466 g/mol. The van der Waals surface area contributed by atoms with Gasteiger partial charge in [-0.3, -0.25) is 0 Å². The Balaban J connectivity index is 1.70. The van der Waals surface area contributed by atoms with Gasteiger partial charge >= 0.3 is 6.03 Å². The highest BCUT2D eigenvalue weighted by Crippen LogP contribution is 2.20. The van der Waals surface area contributed by atoms with E-state index in [1.165, 1.54) is 55.2 Å². The van der Waals surface area contributed by atoms with Crippen LogP contribution in [-0.2, 0) is 13.0 Å². The predicted octanol–water partition coefficient (Wildman–Crippen LogP) is 8.63. The highest BCUT2D eigenvalue weighted by molar-refractivity contribution is 5.89. The first-order chi connectivity index (χ1) is 18.6. The van der Waals surface area contributed by atoms with Crippen molar-refractivity contribution in [3.63, 3.8) is 0 Å². The van der Waals surface area contributed by atoms with E-state index in [9.17, 15) is 4.79 Å². The van der Waals surface area contributed by atoms with E-state index < -0.39 is 0 Å². The van der Waals surface area contributed by atoms with E-state index in [1.807, 2.05) is 23.1 Å². The minimum absolute atomic E-state index is 0.0376. The van der Waals surface area contributed by atoms with Crippen molar-refractivity contribution < 1.29 is 4.79 Å². The fourth-order valence-corrected chi connectivity index (χ4v) is 4.61. The van der Waals surface area contributed by atoms with Crippen LogP contribution in [0.5, 0.6) is 0 Å². The molecule has 0 aromatic heterocycles. The van der Waals surface area contributed by atoms with Gasteiger partial charge in [-0.25, -0.2) is 4.79 Å². The molecule has 0 heterocycles. The summed E-state index contributed by atoms with van der Waals surface area (Å²) in [5.74, 6) is 0. The predicted molar refractivity (Wildman–Crippen MR) is 163 cm³/mol. The van der Waals surface area contributed by atoms with Gasteiger partial charge in [-0.2, -0.15) is 0 Å². The summed E-state index contributed by atoms with van der Waals surface area (Å²) >= 11 is 0. The van der Waals surface area contributed by atoms with E-state index in [2.05, 4.69) is 91.7 Å². The molecule has 0 atom stereocenters. The molecule has 4 nitrogen and oxygen atoms in total. The molecule has 3 rings (SSSR count). The number of carbonyl (C=O) groups is 1. The van der Waals surface area contributed by atoms with Crippen LogP contribution in [0.25, 0.3) is 11.1 Å². The minimum atomic E-state index is -0.0376. The van der Waals surface area contributed by atoms with Gasteiger partial charge in [0.25, 0.3) is 0 Å². The van der Waals surface area contributed by atoms with E-state index >= 15 is 0 Å². The van der Waals surface area contributed by atoms with Gasteiger partial charge in [-0.05, 0) is 73.2 Å². The van der Waals surface area contributed by atoms with E-state index in [1.54, 1.807) is 0 Å². The van der Waals surface area contributed by atoms with Gasteiger partial charge in [0.15, 0.2) is 0 Å². The average Bonchev–Trinajstić information content (AvgIpc) is 2.96. The molecule has 38 heavy (non-hydrogen) atoms. The highest BCUT2D eigenvalue weighted by Gasteiger charge is 2.16. The quantitative estimate of drug-likeness (QED) is 0.208. The zero-order chi connectivity index (χ0) is 27.0. The lowest BCUT2D eigenvalue weighted by Crippen LogP contribution is -2.41. The van der Waals surface area contributed by atoms with Crippen LogP contribution in [0.3, 0.4) is 0 Å². The number of aryl methyl sites for hydroxylation is 1. The summed E-state index contributed by atoms with van der Waals surface area (Å²) in [6.45, 7) is 11.1. The van der Waals surface area contributed by atoms with Crippen LogP contribution in [0, 0.1) is 0 Å². The Morgan fingerprint density at radius 3 is 1.82 bits per heavy atom. The number of hydrogen-bond donors (Lipinski definition) is 1. The van der Waals surface area contributed by atoms with Crippen molar-refractivity contribution >= 4 is 11.7 Å². The Morgan fingerprint density at radius 2 is 1.21 bits per heavy atom. The standard InChI is InChI=1S/C34H47N3O/c1-4-7-13-29-18-22-33(23-19-29)35-34(38)37(27-26-36(24-8-5-2)25-9-6-3)28-30-16-20-32(21-17-30)31-14-11-10-12-15-31/h10-12,14-23H,4-9,13,24-28H2,1-3H3,(H,35,38). The van der Waals surface area contributed by atoms with Crippen molar-refractivity contribution in [2.75, 3.05) is 31.5 Å². The van der Waals surface area contributed by atoms with Crippen LogP contribution < -0.4 is 5.32 Å². The zero-order valence-electron chi connectivity index (χ0n) is 23.8. The Bertz CT molecular complexity index is 1040. The number of rotatable bonds is 16. The van der Waals surface area contributed by atoms with Crippen molar-refractivity contribution in [3.05, 3.63) is 90.0 Å². The molecule has 0 aliphatic carbocycles. The van der Waals surface area contributed by atoms with Crippen LogP contribution >= 0.6 is 0 Å². The lowest BCUT2D eigenvalue weighted by Gasteiger charge is -2.28. The van der Waals surface area contributed by atoms with E-state index in [4.69, 9.17) is 0 Å². The highest BCUT2D eigenvalue weighted by atomic mass is 16.2. The molecule has 3 aromatic rings. The normalized spacial score (nSPS) is 11.1. The Labute approximate surface area is 231 Å². The van der Waals surface area contributed by atoms with Gasteiger partial charge in [0.1, 0.15) is 0 Å². The van der Waals surface area contributed by atoms with Gasteiger partial charge in [-0.1, -0.05) is 107 Å². The number of carbonyl (C=O) groups excluding carboxylic acids is 1.